The molecule has 0 aliphatic heterocycles. The predicted octanol–water partition coefficient (Wildman–Crippen LogP) is 2.13. The normalized spacial score (nSPS) is 24.1. The second-order valence-corrected chi connectivity index (χ2v) is 7.19. The van der Waals surface area contributed by atoms with E-state index < -0.39 is 5.97 Å². The van der Waals surface area contributed by atoms with Crippen LogP contribution in [0.3, 0.4) is 0 Å². The monoisotopic (exact) mass is 295 g/mol. The molecule has 0 saturated carbocycles. The summed E-state index contributed by atoms with van der Waals surface area (Å²) in [5.41, 5.74) is 8.45. The first-order valence-corrected chi connectivity index (χ1v) is 7.78. The number of aliphatic carboxylic acids is 1. The van der Waals surface area contributed by atoms with Crippen LogP contribution in [0.25, 0.3) is 0 Å². The van der Waals surface area contributed by atoms with Crippen LogP contribution in [-0.4, -0.2) is 33.2 Å². The minimum absolute atomic E-state index is 0.0596. The van der Waals surface area contributed by atoms with Crippen LogP contribution >= 0.6 is 11.8 Å². The van der Waals surface area contributed by atoms with Gasteiger partial charge in [-0.1, -0.05) is 19.9 Å². The molecule has 1 aliphatic carbocycles. The van der Waals surface area contributed by atoms with Crippen LogP contribution in [-0.2, 0) is 16.6 Å². The van der Waals surface area contributed by atoms with Gasteiger partial charge in [0.2, 0.25) is 0 Å². The molecule has 2 rings (SSSR count). The van der Waals surface area contributed by atoms with E-state index in [1.165, 1.54) is 5.56 Å². The number of phenolic OH excluding ortho intramolecular Hbond substituents is 1. The van der Waals surface area contributed by atoms with E-state index in [2.05, 4.69) is 13.8 Å². The summed E-state index contributed by atoms with van der Waals surface area (Å²) in [5.74, 6) is 0.0736. The van der Waals surface area contributed by atoms with E-state index >= 15 is 0 Å². The van der Waals surface area contributed by atoms with Gasteiger partial charge in [-0.2, -0.15) is 11.8 Å². The second kappa shape index (κ2) is 5.66. The van der Waals surface area contributed by atoms with E-state index in [4.69, 9.17) is 10.8 Å². The maximum atomic E-state index is 10.6. The average Bonchev–Trinajstić information content (AvgIpc) is 2.36. The molecule has 0 radical (unpaired) electrons. The number of benzene rings is 1. The zero-order chi connectivity index (χ0) is 14.9. The van der Waals surface area contributed by atoms with Crippen molar-refractivity contribution >= 4 is 17.7 Å². The van der Waals surface area contributed by atoms with Gasteiger partial charge in [-0.15, -0.1) is 0 Å². The number of aromatic hydroxyl groups is 1. The number of carboxylic acid groups (broad SMARTS) is 1. The molecular weight excluding hydrogens is 274 g/mol. The van der Waals surface area contributed by atoms with Crippen LogP contribution in [0.2, 0.25) is 0 Å². The van der Waals surface area contributed by atoms with Crippen LogP contribution in [0.1, 0.15) is 31.4 Å². The van der Waals surface area contributed by atoms with Crippen molar-refractivity contribution in [2.45, 2.75) is 43.4 Å². The van der Waals surface area contributed by atoms with Gasteiger partial charge in [0.15, 0.2) is 0 Å². The molecule has 0 aromatic heterocycles. The standard InChI is InChI=1S/C15H21NO3S/c1-15(2)11-8-10(17)4-3-9(11)7-12(14(15)16)20-6-5-13(18)19/h3-4,8,12,14,17H,5-7,16H2,1-2H3,(H,18,19)/t12-,14+/m0/s1. The van der Waals surface area contributed by atoms with E-state index in [1.807, 2.05) is 6.07 Å². The van der Waals surface area contributed by atoms with E-state index in [1.54, 1.807) is 23.9 Å². The highest BCUT2D eigenvalue weighted by Gasteiger charge is 2.40. The summed E-state index contributed by atoms with van der Waals surface area (Å²) >= 11 is 1.64. The Morgan fingerprint density at radius 3 is 2.85 bits per heavy atom. The summed E-state index contributed by atoms with van der Waals surface area (Å²) < 4.78 is 0. The molecular formula is C15H21NO3S. The van der Waals surface area contributed by atoms with E-state index in [9.17, 15) is 9.90 Å². The van der Waals surface area contributed by atoms with Gasteiger partial charge in [0.05, 0.1) is 6.42 Å². The lowest BCUT2D eigenvalue weighted by molar-refractivity contribution is -0.136. The Bertz CT molecular complexity index is 516. The maximum absolute atomic E-state index is 10.6. The third kappa shape index (κ3) is 2.94. The summed E-state index contributed by atoms with van der Waals surface area (Å²) in [7, 11) is 0. The van der Waals surface area contributed by atoms with Crippen molar-refractivity contribution in [3.05, 3.63) is 29.3 Å². The number of carboxylic acids is 1. The van der Waals surface area contributed by atoms with Gasteiger partial charge in [-0.25, -0.2) is 0 Å². The number of thioether (sulfide) groups is 1. The molecule has 0 heterocycles. The molecule has 1 aliphatic rings. The van der Waals surface area contributed by atoms with Gasteiger partial charge in [0, 0.05) is 22.5 Å². The zero-order valence-electron chi connectivity index (χ0n) is 11.8. The van der Waals surface area contributed by atoms with Crippen LogP contribution in [0.15, 0.2) is 18.2 Å². The van der Waals surface area contributed by atoms with Crippen LogP contribution in [0, 0.1) is 0 Å². The number of fused-ring (bicyclic) bond motifs is 1. The van der Waals surface area contributed by atoms with Crippen LogP contribution < -0.4 is 5.73 Å². The molecule has 1 aromatic rings. The minimum atomic E-state index is -0.772. The second-order valence-electron chi connectivity index (χ2n) is 5.85. The summed E-state index contributed by atoms with van der Waals surface area (Å²) in [6.45, 7) is 4.17. The van der Waals surface area contributed by atoms with Crippen molar-refractivity contribution in [1.29, 1.82) is 0 Å². The lowest BCUT2D eigenvalue weighted by Crippen LogP contribution is -2.52. The molecule has 0 bridgehead atoms. The third-order valence-electron chi connectivity index (χ3n) is 4.09. The topological polar surface area (TPSA) is 83.5 Å². The van der Waals surface area contributed by atoms with Crippen LogP contribution in [0.5, 0.6) is 5.75 Å². The summed E-state index contributed by atoms with van der Waals surface area (Å²) in [6, 6.07) is 5.39. The first-order valence-electron chi connectivity index (χ1n) is 6.73. The minimum Gasteiger partial charge on any atom is -0.508 e. The van der Waals surface area contributed by atoms with Crippen molar-refractivity contribution in [3.63, 3.8) is 0 Å². The third-order valence-corrected chi connectivity index (χ3v) is 5.42. The highest BCUT2D eigenvalue weighted by atomic mass is 32.2. The van der Waals surface area contributed by atoms with E-state index in [0.717, 1.165) is 12.0 Å². The van der Waals surface area contributed by atoms with Gasteiger partial charge < -0.3 is 15.9 Å². The Balaban J connectivity index is 2.20. The van der Waals surface area contributed by atoms with Crippen molar-refractivity contribution in [1.82, 2.24) is 0 Å². The van der Waals surface area contributed by atoms with Gasteiger partial charge in [0.25, 0.3) is 0 Å². The molecule has 1 aromatic carbocycles. The molecule has 110 valence electrons. The number of hydrogen-bond donors (Lipinski definition) is 3. The maximum Gasteiger partial charge on any atom is 0.304 e. The lowest BCUT2D eigenvalue weighted by Gasteiger charge is -2.43. The first-order chi connectivity index (χ1) is 9.32. The zero-order valence-corrected chi connectivity index (χ0v) is 12.6. The van der Waals surface area contributed by atoms with Gasteiger partial charge in [-0.3, -0.25) is 4.79 Å². The van der Waals surface area contributed by atoms with Crippen molar-refractivity contribution < 1.29 is 15.0 Å². The summed E-state index contributed by atoms with van der Waals surface area (Å²) in [6.07, 6.45) is 0.987. The number of carbonyl (C=O) groups is 1. The molecule has 20 heavy (non-hydrogen) atoms. The van der Waals surface area contributed by atoms with Gasteiger partial charge in [0.1, 0.15) is 5.75 Å². The number of nitrogens with two attached hydrogens (primary N) is 1. The molecule has 0 unspecified atom stereocenters. The molecule has 2 atom stereocenters. The van der Waals surface area contributed by atoms with E-state index in [-0.39, 0.29) is 28.9 Å². The summed E-state index contributed by atoms with van der Waals surface area (Å²) in [4.78, 5) is 10.6. The Morgan fingerprint density at radius 2 is 2.20 bits per heavy atom. The molecule has 0 spiro atoms. The Hall–Kier alpha value is -1.20. The number of rotatable bonds is 4. The first kappa shape index (κ1) is 15.2. The smallest absolute Gasteiger partial charge is 0.304 e. The Labute approximate surface area is 123 Å². The highest BCUT2D eigenvalue weighted by molar-refractivity contribution is 8.00. The van der Waals surface area contributed by atoms with Gasteiger partial charge >= 0.3 is 5.97 Å². The summed E-state index contributed by atoms with van der Waals surface area (Å²) in [5, 5.41) is 18.6. The fraction of sp³-hybridized carbons (Fsp3) is 0.533. The van der Waals surface area contributed by atoms with E-state index in [0.29, 0.717) is 5.75 Å². The molecule has 5 heteroatoms. The van der Waals surface area contributed by atoms with Crippen molar-refractivity contribution in [3.8, 4) is 5.75 Å². The predicted molar refractivity (Wildman–Crippen MR) is 81.3 cm³/mol. The quantitative estimate of drug-likeness (QED) is 0.792. The Kier molecular flexibility index (Phi) is 4.30. The van der Waals surface area contributed by atoms with Crippen molar-refractivity contribution in [2.24, 2.45) is 5.73 Å². The average molecular weight is 295 g/mol. The molecule has 4 N–H and O–H groups in total. The molecule has 0 saturated heterocycles. The molecule has 4 nitrogen and oxygen atoms in total. The fourth-order valence-corrected chi connectivity index (χ4v) is 4.23. The van der Waals surface area contributed by atoms with Crippen LogP contribution in [0.4, 0.5) is 0 Å². The fourth-order valence-electron chi connectivity index (χ4n) is 2.79. The molecule has 0 amide bonds. The SMILES string of the molecule is CC1(C)c2cc(O)ccc2C[C@H](SCCC(=O)O)[C@H]1N. The van der Waals surface area contributed by atoms with Crippen molar-refractivity contribution in [2.75, 3.05) is 5.75 Å². The largest absolute Gasteiger partial charge is 0.508 e. The lowest BCUT2D eigenvalue weighted by atomic mass is 9.69. The molecule has 0 fully saturated rings. The Morgan fingerprint density at radius 1 is 1.50 bits per heavy atom. The number of phenols is 1. The van der Waals surface area contributed by atoms with Gasteiger partial charge in [-0.05, 0) is 29.7 Å². The number of hydrogen-bond acceptors (Lipinski definition) is 4. The highest BCUT2D eigenvalue weighted by Crippen LogP contribution is 2.41.